The second-order valence-electron chi connectivity index (χ2n) is 5.93. The lowest BCUT2D eigenvalue weighted by atomic mass is 10.2. The molecule has 7 heteroatoms. The van der Waals surface area contributed by atoms with E-state index < -0.39 is 0 Å². The number of benzene rings is 1. The standard InChI is InChI=1S/C18H20N4O2S/c1-12-6-8-14(9-7-12)19-16(23)11-22(3)13(2)17-20-21-18(24-17)15-5-4-10-25-15/h4-10,13H,11H2,1-3H3,(H,19,23)/t13-/m1/s1. The normalized spacial score (nSPS) is 12.3. The molecule has 0 saturated heterocycles. The summed E-state index contributed by atoms with van der Waals surface area (Å²) >= 11 is 1.55. The molecule has 1 amide bonds. The summed E-state index contributed by atoms with van der Waals surface area (Å²) < 4.78 is 5.74. The van der Waals surface area contributed by atoms with Crippen molar-refractivity contribution in [2.75, 3.05) is 18.9 Å². The van der Waals surface area contributed by atoms with Crippen molar-refractivity contribution < 1.29 is 9.21 Å². The third-order valence-corrected chi connectivity index (χ3v) is 4.78. The van der Waals surface area contributed by atoms with Gasteiger partial charge in [-0.2, -0.15) is 0 Å². The van der Waals surface area contributed by atoms with Crippen LogP contribution in [0.5, 0.6) is 0 Å². The third kappa shape index (κ3) is 4.32. The highest BCUT2D eigenvalue weighted by molar-refractivity contribution is 7.13. The largest absolute Gasteiger partial charge is 0.418 e. The molecule has 0 unspecified atom stereocenters. The molecule has 1 aromatic carbocycles. The van der Waals surface area contributed by atoms with Gasteiger partial charge in [0.2, 0.25) is 11.8 Å². The van der Waals surface area contributed by atoms with Gasteiger partial charge in [0.05, 0.1) is 17.5 Å². The second-order valence-corrected chi connectivity index (χ2v) is 6.88. The molecular formula is C18H20N4O2S. The summed E-state index contributed by atoms with van der Waals surface area (Å²) in [6.07, 6.45) is 0. The number of aryl methyl sites for hydroxylation is 1. The summed E-state index contributed by atoms with van der Waals surface area (Å²) in [4.78, 5) is 15.0. The number of hydrogen-bond donors (Lipinski definition) is 1. The number of amides is 1. The van der Waals surface area contributed by atoms with Gasteiger partial charge in [0.15, 0.2) is 0 Å². The Hall–Kier alpha value is -2.51. The van der Waals surface area contributed by atoms with E-state index >= 15 is 0 Å². The zero-order chi connectivity index (χ0) is 17.8. The van der Waals surface area contributed by atoms with Crippen molar-refractivity contribution in [3.63, 3.8) is 0 Å². The van der Waals surface area contributed by atoms with E-state index in [9.17, 15) is 4.79 Å². The molecule has 0 aliphatic carbocycles. The van der Waals surface area contributed by atoms with Gasteiger partial charge in [-0.1, -0.05) is 23.8 Å². The SMILES string of the molecule is Cc1ccc(NC(=O)CN(C)[C@H](C)c2nnc(-c3cccs3)o2)cc1. The van der Waals surface area contributed by atoms with Crippen LogP contribution in [0, 0.1) is 6.92 Å². The molecular weight excluding hydrogens is 336 g/mol. The molecule has 1 atom stereocenters. The first kappa shape index (κ1) is 17.3. The first-order chi connectivity index (χ1) is 12.0. The Bertz CT molecular complexity index is 827. The fourth-order valence-electron chi connectivity index (χ4n) is 2.29. The van der Waals surface area contributed by atoms with E-state index in [2.05, 4.69) is 15.5 Å². The van der Waals surface area contributed by atoms with Gasteiger partial charge in [0.1, 0.15) is 0 Å². The summed E-state index contributed by atoms with van der Waals surface area (Å²) in [6, 6.07) is 11.4. The molecule has 0 fully saturated rings. The summed E-state index contributed by atoms with van der Waals surface area (Å²) in [5.74, 6) is 0.916. The molecule has 25 heavy (non-hydrogen) atoms. The minimum Gasteiger partial charge on any atom is -0.418 e. The number of aromatic nitrogens is 2. The Labute approximate surface area is 150 Å². The average Bonchev–Trinajstić information content (AvgIpc) is 3.27. The van der Waals surface area contributed by atoms with E-state index in [-0.39, 0.29) is 18.5 Å². The van der Waals surface area contributed by atoms with Gasteiger partial charge >= 0.3 is 0 Å². The van der Waals surface area contributed by atoms with Crippen molar-refractivity contribution in [1.29, 1.82) is 0 Å². The first-order valence-electron chi connectivity index (χ1n) is 7.97. The van der Waals surface area contributed by atoms with Crippen LogP contribution in [0.4, 0.5) is 5.69 Å². The van der Waals surface area contributed by atoms with Crippen molar-refractivity contribution >= 4 is 22.9 Å². The lowest BCUT2D eigenvalue weighted by Gasteiger charge is -2.21. The molecule has 0 saturated carbocycles. The average molecular weight is 356 g/mol. The molecule has 1 N–H and O–H groups in total. The predicted octanol–water partition coefficient (Wildman–Crippen LogP) is 3.74. The lowest BCUT2D eigenvalue weighted by molar-refractivity contribution is -0.117. The zero-order valence-corrected chi connectivity index (χ0v) is 15.2. The summed E-state index contributed by atoms with van der Waals surface area (Å²) in [5, 5.41) is 13.0. The number of carbonyl (C=O) groups excluding carboxylic acids is 1. The molecule has 3 aromatic rings. The van der Waals surface area contributed by atoms with Crippen molar-refractivity contribution in [3.05, 3.63) is 53.2 Å². The summed E-state index contributed by atoms with van der Waals surface area (Å²) in [6.45, 7) is 4.17. The van der Waals surface area contributed by atoms with E-state index in [1.165, 1.54) is 0 Å². The predicted molar refractivity (Wildman–Crippen MR) is 98.5 cm³/mol. The molecule has 0 spiro atoms. The molecule has 0 aliphatic heterocycles. The fourth-order valence-corrected chi connectivity index (χ4v) is 2.94. The van der Waals surface area contributed by atoms with Crippen LogP contribution in [0.15, 0.2) is 46.2 Å². The number of hydrogen-bond acceptors (Lipinski definition) is 6. The molecule has 3 rings (SSSR count). The smallest absolute Gasteiger partial charge is 0.257 e. The van der Waals surface area contributed by atoms with Crippen molar-refractivity contribution in [2.24, 2.45) is 0 Å². The van der Waals surface area contributed by atoms with Crippen LogP contribution in [0.25, 0.3) is 10.8 Å². The van der Waals surface area contributed by atoms with Crippen molar-refractivity contribution in [2.45, 2.75) is 19.9 Å². The van der Waals surface area contributed by atoms with Gasteiger partial charge in [-0.15, -0.1) is 21.5 Å². The van der Waals surface area contributed by atoms with Gasteiger partial charge in [-0.3, -0.25) is 9.69 Å². The molecule has 0 aliphatic rings. The number of nitrogens with one attached hydrogen (secondary N) is 1. The number of thiophene rings is 1. The Morgan fingerprint density at radius 2 is 2.04 bits per heavy atom. The maximum absolute atomic E-state index is 12.2. The number of nitrogens with zero attached hydrogens (tertiary/aromatic N) is 3. The molecule has 0 radical (unpaired) electrons. The summed E-state index contributed by atoms with van der Waals surface area (Å²) in [5.41, 5.74) is 1.94. The van der Waals surface area contributed by atoms with Crippen LogP contribution >= 0.6 is 11.3 Å². The van der Waals surface area contributed by atoms with Crippen LogP contribution in [0.2, 0.25) is 0 Å². The zero-order valence-electron chi connectivity index (χ0n) is 14.4. The third-order valence-electron chi connectivity index (χ3n) is 3.92. The van der Waals surface area contributed by atoms with Gasteiger partial charge in [0.25, 0.3) is 5.89 Å². The Morgan fingerprint density at radius 1 is 1.28 bits per heavy atom. The van der Waals surface area contributed by atoms with E-state index in [1.807, 2.05) is 67.6 Å². The molecule has 6 nitrogen and oxygen atoms in total. The number of likely N-dealkylation sites (N-methyl/N-ethyl adjacent to an activating group) is 1. The number of carbonyl (C=O) groups is 1. The van der Waals surface area contributed by atoms with E-state index in [1.54, 1.807) is 11.3 Å². The highest BCUT2D eigenvalue weighted by atomic mass is 32.1. The van der Waals surface area contributed by atoms with E-state index in [0.29, 0.717) is 11.8 Å². The molecule has 2 aromatic heterocycles. The number of rotatable bonds is 6. The first-order valence-corrected chi connectivity index (χ1v) is 8.85. The Morgan fingerprint density at radius 3 is 2.72 bits per heavy atom. The minimum atomic E-state index is -0.162. The minimum absolute atomic E-state index is 0.0869. The highest BCUT2D eigenvalue weighted by Crippen LogP contribution is 2.26. The van der Waals surface area contributed by atoms with Gasteiger partial charge < -0.3 is 9.73 Å². The Balaban J connectivity index is 1.59. The van der Waals surface area contributed by atoms with E-state index in [0.717, 1.165) is 16.1 Å². The highest BCUT2D eigenvalue weighted by Gasteiger charge is 2.21. The van der Waals surface area contributed by atoms with Gasteiger partial charge in [-0.05, 0) is 44.5 Å². The monoisotopic (exact) mass is 356 g/mol. The molecule has 0 bridgehead atoms. The van der Waals surface area contributed by atoms with Crippen molar-refractivity contribution in [1.82, 2.24) is 15.1 Å². The van der Waals surface area contributed by atoms with Crippen LogP contribution < -0.4 is 5.32 Å². The fraction of sp³-hybridized carbons (Fsp3) is 0.278. The summed E-state index contributed by atoms with van der Waals surface area (Å²) in [7, 11) is 1.86. The topological polar surface area (TPSA) is 71.3 Å². The lowest BCUT2D eigenvalue weighted by Crippen LogP contribution is -2.32. The molecule has 130 valence electrons. The van der Waals surface area contributed by atoms with Gasteiger partial charge in [-0.25, -0.2) is 0 Å². The second kappa shape index (κ2) is 7.58. The van der Waals surface area contributed by atoms with Crippen molar-refractivity contribution in [3.8, 4) is 10.8 Å². The quantitative estimate of drug-likeness (QED) is 0.728. The van der Waals surface area contributed by atoms with Crippen LogP contribution in [0.1, 0.15) is 24.4 Å². The number of anilines is 1. The van der Waals surface area contributed by atoms with E-state index in [4.69, 9.17) is 4.42 Å². The van der Waals surface area contributed by atoms with Crippen LogP contribution in [0.3, 0.4) is 0 Å². The van der Waals surface area contributed by atoms with Crippen LogP contribution in [-0.4, -0.2) is 34.6 Å². The van der Waals surface area contributed by atoms with Crippen LogP contribution in [-0.2, 0) is 4.79 Å². The maximum Gasteiger partial charge on any atom is 0.257 e. The maximum atomic E-state index is 12.2. The Kier molecular flexibility index (Phi) is 5.25. The molecule has 2 heterocycles. The van der Waals surface area contributed by atoms with Gasteiger partial charge in [0, 0.05) is 5.69 Å².